The second-order valence-corrected chi connectivity index (χ2v) is 9.68. The van der Waals surface area contributed by atoms with Crippen LogP contribution in [0.4, 0.5) is 0 Å². The van der Waals surface area contributed by atoms with Gasteiger partial charge in [-0.25, -0.2) is 8.42 Å². The van der Waals surface area contributed by atoms with Gasteiger partial charge in [0.15, 0.2) is 0 Å². The van der Waals surface area contributed by atoms with E-state index in [2.05, 4.69) is 5.32 Å². The van der Waals surface area contributed by atoms with E-state index in [9.17, 15) is 13.2 Å². The molecule has 0 spiro atoms. The van der Waals surface area contributed by atoms with Crippen molar-refractivity contribution >= 4 is 27.3 Å². The molecule has 1 N–H and O–H groups in total. The lowest BCUT2D eigenvalue weighted by Gasteiger charge is -2.32. The van der Waals surface area contributed by atoms with Gasteiger partial charge in [0.25, 0.3) is 5.91 Å². The molecule has 1 amide bonds. The molecule has 0 aromatic carbocycles. The lowest BCUT2D eigenvalue weighted by atomic mass is 9.93. The zero-order chi connectivity index (χ0) is 17.9. The van der Waals surface area contributed by atoms with Gasteiger partial charge in [-0.2, -0.15) is 4.31 Å². The first kappa shape index (κ1) is 18.8. The molecule has 2 fully saturated rings. The smallest absolute Gasteiger partial charge is 0.265 e. The quantitative estimate of drug-likeness (QED) is 0.813. The van der Waals surface area contributed by atoms with Crippen LogP contribution in [-0.4, -0.2) is 63.3 Å². The van der Waals surface area contributed by atoms with Gasteiger partial charge in [-0.15, -0.1) is 11.3 Å². The Morgan fingerprint density at radius 1 is 1.24 bits per heavy atom. The van der Waals surface area contributed by atoms with Crippen LogP contribution in [0.5, 0.6) is 0 Å². The predicted molar refractivity (Wildman–Crippen MR) is 99.5 cm³/mol. The van der Waals surface area contributed by atoms with E-state index in [1.54, 1.807) is 11.4 Å². The van der Waals surface area contributed by atoms with Crippen molar-refractivity contribution in [2.24, 2.45) is 5.92 Å². The monoisotopic (exact) mass is 385 g/mol. The van der Waals surface area contributed by atoms with Crippen LogP contribution >= 0.6 is 11.3 Å². The molecular formula is C17H27N3O3S2. The van der Waals surface area contributed by atoms with Gasteiger partial charge < -0.3 is 10.2 Å². The normalized spacial score (nSPS) is 20.3. The molecule has 2 aliphatic heterocycles. The van der Waals surface area contributed by atoms with Gasteiger partial charge >= 0.3 is 0 Å². The van der Waals surface area contributed by atoms with Gasteiger partial charge in [-0.3, -0.25) is 4.79 Å². The van der Waals surface area contributed by atoms with Crippen LogP contribution in [0.25, 0.3) is 0 Å². The van der Waals surface area contributed by atoms with Gasteiger partial charge in [0.05, 0.1) is 0 Å². The summed E-state index contributed by atoms with van der Waals surface area (Å²) >= 11 is 1.24. The summed E-state index contributed by atoms with van der Waals surface area (Å²) in [6.45, 7) is 3.55. The summed E-state index contributed by atoms with van der Waals surface area (Å²) in [5.74, 6) is 0.521. The van der Waals surface area contributed by atoms with E-state index in [0.29, 0.717) is 37.0 Å². The van der Waals surface area contributed by atoms with Crippen molar-refractivity contribution in [3.8, 4) is 0 Å². The molecule has 0 atom stereocenters. The summed E-state index contributed by atoms with van der Waals surface area (Å²) in [5, 5.41) is 4.89. The van der Waals surface area contributed by atoms with Gasteiger partial charge in [0.2, 0.25) is 10.0 Å². The van der Waals surface area contributed by atoms with Crippen LogP contribution in [0, 0.1) is 5.92 Å². The van der Waals surface area contributed by atoms with Crippen LogP contribution in [-0.2, 0) is 10.0 Å². The lowest BCUT2D eigenvalue weighted by Crippen LogP contribution is -2.39. The van der Waals surface area contributed by atoms with Gasteiger partial charge in [-0.05, 0) is 63.1 Å². The topological polar surface area (TPSA) is 69.7 Å². The maximum Gasteiger partial charge on any atom is 0.265 e. The van der Waals surface area contributed by atoms with Crippen LogP contribution in [0.1, 0.15) is 41.8 Å². The van der Waals surface area contributed by atoms with E-state index < -0.39 is 10.0 Å². The summed E-state index contributed by atoms with van der Waals surface area (Å²) in [7, 11) is -1.59. The van der Waals surface area contributed by atoms with Crippen molar-refractivity contribution in [1.82, 2.24) is 14.5 Å². The van der Waals surface area contributed by atoms with Crippen molar-refractivity contribution in [3.05, 3.63) is 16.3 Å². The van der Waals surface area contributed by atoms with Crippen LogP contribution in [0.3, 0.4) is 0 Å². The number of nitrogens with one attached hydrogen (secondary N) is 1. The Morgan fingerprint density at radius 3 is 2.56 bits per heavy atom. The zero-order valence-electron chi connectivity index (χ0n) is 14.7. The molecule has 0 radical (unpaired) electrons. The Morgan fingerprint density at radius 2 is 1.92 bits per heavy atom. The minimum Gasteiger partial charge on any atom is -0.338 e. The number of nitrogens with zero attached hydrogens (tertiary/aromatic N) is 2. The maximum absolute atomic E-state index is 12.9. The first-order valence-electron chi connectivity index (χ1n) is 9.05. The summed E-state index contributed by atoms with van der Waals surface area (Å²) < 4.78 is 27.2. The van der Waals surface area contributed by atoms with E-state index in [0.717, 1.165) is 38.6 Å². The molecular weight excluding hydrogens is 358 g/mol. The van der Waals surface area contributed by atoms with Gasteiger partial charge in [-0.1, -0.05) is 0 Å². The van der Waals surface area contributed by atoms with Crippen molar-refractivity contribution in [2.75, 3.05) is 39.8 Å². The molecule has 25 heavy (non-hydrogen) atoms. The third kappa shape index (κ3) is 4.07. The minimum absolute atomic E-state index is 0.125. The van der Waals surface area contributed by atoms with Gasteiger partial charge in [0.1, 0.15) is 9.77 Å². The molecule has 8 heteroatoms. The largest absolute Gasteiger partial charge is 0.338 e. The number of piperidine rings is 1. The summed E-state index contributed by atoms with van der Waals surface area (Å²) in [6.07, 6.45) is 4.91. The van der Waals surface area contributed by atoms with Crippen LogP contribution < -0.4 is 5.32 Å². The van der Waals surface area contributed by atoms with E-state index in [1.165, 1.54) is 15.6 Å². The standard InChI is InChI=1S/C17H27N3O3S2/c1-18-8-4-14-5-11-19(12-6-14)17(21)16-15(7-13-24-16)25(22,23)20-9-2-3-10-20/h7,13-14,18H,2-6,8-12H2,1H3. The zero-order valence-corrected chi connectivity index (χ0v) is 16.4. The SMILES string of the molecule is CNCCC1CCN(C(=O)c2sccc2S(=O)(=O)N2CCCC2)CC1. The third-order valence-electron chi connectivity index (χ3n) is 5.21. The molecule has 0 unspecified atom stereocenters. The number of amides is 1. The Balaban J connectivity index is 1.69. The summed E-state index contributed by atoms with van der Waals surface area (Å²) in [4.78, 5) is 15.3. The minimum atomic E-state index is -3.54. The average molecular weight is 386 g/mol. The molecule has 2 saturated heterocycles. The van der Waals surface area contributed by atoms with E-state index in [4.69, 9.17) is 0 Å². The molecule has 0 bridgehead atoms. The Hall–Kier alpha value is -0.960. The second kappa shape index (κ2) is 8.16. The first-order chi connectivity index (χ1) is 12.0. The number of likely N-dealkylation sites (tertiary alicyclic amines) is 1. The number of sulfonamides is 1. The maximum atomic E-state index is 12.9. The number of carbonyl (C=O) groups excluding carboxylic acids is 1. The highest BCUT2D eigenvalue weighted by Gasteiger charge is 2.34. The molecule has 1 aromatic heterocycles. The fourth-order valence-electron chi connectivity index (χ4n) is 3.64. The van der Waals surface area contributed by atoms with Gasteiger partial charge in [0, 0.05) is 26.2 Å². The molecule has 0 saturated carbocycles. The predicted octanol–water partition coefficient (Wildman–Crippen LogP) is 1.99. The molecule has 0 aliphatic carbocycles. The Kier molecular flexibility index (Phi) is 6.14. The molecule has 6 nitrogen and oxygen atoms in total. The highest BCUT2D eigenvalue weighted by atomic mass is 32.2. The van der Waals surface area contributed by atoms with Crippen molar-refractivity contribution < 1.29 is 13.2 Å². The number of carbonyl (C=O) groups is 1. The average Bonchev–Trinajstić information content (AvgIpc) is 3.31. The fraction of sp³-hybridized carbons (Fsp3) is 0.706. The van der Waals surface area contributed by atoms with E-state index in [-0.39, 0.29) is 10.8 Å². The number of rotatable bonds is 6. The molecule has 2 aliphatic rings. The molecule has 3 heterocycles. The fourth-order valence-corrected chi connectivity index (χ4v) is 6.52. The number of hydrogen-bond donors (Lipinski definition) is 1. The lowest BCUT2D eigenvalue weighted by molar-refractivity contribution is 0.0688. The summed E-state index contributed by atoms with van der Waals surface area (Å²) in [6, 6.07) is 1.59. The van der Waals surface area contributed by atoms with Crippen LogP contribution in [0.2, 0.25) is 0 Å². The Labute approximate surface area is 154 Å². The van der Waals surface area contributed by atoms with Crippen LogP contribution in [0.15, 0.2) is 16.3 Å². The first-order valence-corrected chi connectivity index (χ1v) is 11.4. The number of hydrogen-bond acceptors (Lipinski definition) is 5. The highest BCUT2D eigenvalue weighted by Crippen LogP contribution is 2.30. The Bertz CT molecular complexity index is 688. The van der Waals surface area contributed by atoms with E-state index >= 15 is 0 Å². The molecule has 140 valence electrons. The van der Waals surface area contributed by atoms with E-state index in [1.807, 2.05) is 11.9 Å². The second-order valence-electron chi connectivity index (χ2n) is 6.85. The molecule has 3 rings (SSSR count). The number of thiophene rings is 1. The molecule has 1 aromatic rings. The summed E-state index contributed by atoms with van der Waals surface area (Å²) in [5.41, 5.74) is 0. The highest BCUT2D eigenvalue weighted by molar-refractivity contribution is 7.89. The van der Waals surface area contributed by atoms with Crippen molar-refractivity contribution in [2.45, 2.75) is 37.0 Å². The third-order valence-corrected chi connectivity index (χ3v) is 8.18. The van der Waals surface area contributed by atoms with Crippen molar-refractivity contribution in [1.29, 1.82) is 0 Å². The van der Waals surface area contributed by atoms with Crippen molar-refractivity contribution in [3.63, 3.8) is 0 Å².